The minimum atomic E-state index is 0.941. The van der Waals surface area contributed by atoms with Gasteiger partial charge in [-0.1, -0.05) is 34.1 Å². The predicted molar refractivity (Wildman–Crippen MR) is 62.1 cm³/mol. The maximum Gasteiger partial charge on any atom is -0.0329 e. The molecule has 14 heavy (non-hydrogen) atoms. The molecule has 0 spiro atoms. The van der Waals surface area contributed by atoms with Gasteiger partial charge in [-0.15, -0.1) is 0 Å². The molecule has 2 rings (SSSR count). The van der Waals surface area contributed by atoms with Crippen LogP contribution in [-0.2, 0) is 0 Å². The van der Waals surface area contributed by atoms with Gasteiger partial charge in [-0.05, 0) is 54.8 Å². The van der Waals surface area contributed by atoms with Gasteiger partial charge < -0.3 is 0 Å². The fraction of sp³-hybridized carbons (Fsp3) is 1.00. The molecule has 0 nitrogen and oxygen atoms in total. The van der Waals surface area contributed by atoms with Crippen LogP contribution in [0.5, 0.6) is 0 Å². The number of rotatable bonds is 4. The zero-order valence-corrected chi connectivity index (χ0v) is 10.3. The van der Waals surface area contributed by atoms with Crippen molar-refractivity contribution in [3.63, 3.8) is 0 Å². The molecule has 0 heteroatoms. The average molecular weight is 194 g/mol. The molecule has 0 radical (unpaired) electrons. The van der Waals surface area contributed by atoms with Crippen LogP contribution in [0.4, 0.5) is 0 Å². The normalized spacial score (nSPS) is 44.6. The maximum absolute atomic E-state index is 2.50. The van der Waals surface area contributed by atoms with E-state index in [-0.39, 0.29) is 0 Å². The third kappa shape index (κ3) is 1.51. The molecule has 0 N–H and O–H groups in total. The van der Waals surface area contributed by atoms with Crippen molar-refractivity contribution >= 4 is 0 Å². The topological polar surface area (TPSA) is 0 Å². The molecule has 2 fully saturated rings. The van der Waals surface area contributed by atoms with Gasteiger partial charge >= 0.3 is 0 Å². The fourth-order valence-corrected chi connectivity index (χ4v) is 4.11. The molecule has 0 amide bonds. The summed E-state index contributed by atoms with van der Waals surface area (Å²) in [6.07, 6.45) is 5.91. The van der Waals surface area contributed by atoms with Gasteiger partial charge in [0.1, 0.15) is 0 Å². The molecular weight excluding hydrogens is 168 g/mol. The van der Waals surface area contributed by atoms with Gasteiger partial charge in [0.15, 0.2) is 0 Å². The molecule has 6 atom stereocenters. The van der Waals surface area contributed by atoms with Gasteiger partial charge in [0.2, 0.25) is 0 Å². The quantitative estimate of drug-likeness (QED) is 0.624. The number of hydrogen-bond acceptors (Lipinski definition) is 0. The van der Waals surface area contributed by atoms with Crippen LogP contribution < -0.4 is 0 Å². The first-order chi connectivity index (χ1) is 6.65. The van der Waals surface area contributed by atoms with Gasteiger partial charge in [0, 0.05) is 0 Å². The standard InChI is InChI=1S/C14H26/c1-5-9(2)8-10(3)14-11(4)12-6-7-13(12)14/h9-14H,5-8H2,1-4H3. The Kier molecular flexibility index (Phi) is 2.91. The van der Waals surface area contributed by atoms with Crippen LogP contribution in [0.1, 0.15) is 53.4 Å². The Morgan fingerprint density at radius 2 is 1.79 bits per heavy atom. The minimum Gasteiger partial charge on any atom is -0.0651 e. The second kappa shape index (κ2) is 3.87. The van der Waals surface area contributed by atoms with Crippen molar-refractivity contribution in [2.24, 2.45) is 35.5 Å². The summed E-state index contributed by atoms with van der Waals surface area (Å²) in [4.78, 5) is 0. The monoisotopic (exact) mass is 194 g/mol. The van der Waals surface area contributed by atoms with Crippen molar-refractivity contribution in [2.75, 3.05) is 0 Å². The summed E-state index contributed by atoms with van der Waals surface area (Å²) in [5.41, 5.74) is 0. The van der Waals surface area contributed by atoms with Crippen LogP contribution in [0, 0.1) is 35.5 Å². The lowest BCUT2D eigenvalue weighted by molar-refractivity contribution is -0.121. The third-order valence-electron chi connectivity index (χ3n) is 5.29. The molecule has 0 aromatic heterocycles. The van der Waals surface area contributed by atoms with Crippen molar-refractivity contribution in [3.05, 3.63) is 0 Å². The van der Waals surface area contributed by atoms with Crippen LogP contribution in [-0.4, -0.2) is 0 Å². The molecule has 82 valence electrons. The van der Waals surface area contributed by atoms with Gasteiger partial charge in [0.05, 0.1) is 0 Å². The van der Waals surface area contributed by atoms with Gasteiger partial charge in [-0.25, -0.2) is 0 Å². The van der Waals surface area contributed by atoms with E-state index in [9.17, 15) is 0 Å². The Balaban J connectivity index is 1.83. The zero-order chi connectivity index (χ0) is 10.3. The van der Waals surface area contributed by atoms with Crippen molar-refractivity contribution < 1.29 is 0 Å². The highest BCUT2D eigenvalue weighted by molar-refractivity contribution is 5.02. The van der Waals surface area contributed by atoms with E-state index in [1.165, 1.54) is 12.8 Å². The van der Waals surface area contributed by atoms with Crippen LogP contribution in [0.15, 0.2) is 0 Å². The zero-order valence-electron chi connectivity index (χ0n) is 10.3. The van der Waals surface area contributed by atoms with Crippen molar-refractivity contribution in [1.29, 1.82) is 0 Å². The number of hydrogen-bond donors (Lipinski definition) is 0. The summed E-state index contributed by atoms with van der Waals surface area (Å²) in [5, 5.41) is 0. The van der Waals surface area contributed by atoms with E-state index < -0.39 is 0 Å². The summed E-state index contributed by atoms with van der Waals surface area (Å²) in [6.45, 7) is 9.74. The second-order valence-electron chi connectivity index (χ2n) is 6.07. The molecule has 0 bridgehead atoms. The lowest BCUT2D eigenvalue weighted by Gasteiger charge is -2.61. The fourth-order valence-electron chi connectivity index (χ4n) is 4.11. The molecule has 0 aromatic carbocycles. The van der Waals surface area contributed by atoms with E-state index in [4.69, 9.17) is 0 Å². The number of fused-ring (bicyclic) bond motifs is 1. The summed E-state index contributed by atoms with van der Waals surface area (Å²) < 4.78 is 0. The van der Waals surface area contributed by atoms with Crippen LogP contribution in [0.2, 0.25) is 0 Å². The van der Waals surface area contributed by atoms with E-state index in [1.54, 1.807) is 12.8 Å². The van der Waals surface area contributed by atoms with Crippen LogP contribution >= 0.6 is 0 Å². The molecule has 2 aliphatic carbocycles. The molecule has 0 aromatic rings. The van der Waals surface area contributed by atoms with Crippen LogP contribution in [0.3, 0.4) is 0 Å². The van der Waals surface area contributed by atoms with Crippen molar-refractivity contribution in [2.45, 2.75) is 53.4 Å². The highest BCUT2D eigenvalue weighted by Crippen LogP contribution is 2.61. The first kappa shape index (κ1) is 10.5. The van der Waals surface area contributed by atoms with E-state index >= 15 is 0 Å². The lowest BCUT2D eigenvalue weighted by atomic mass is 9.44. The Morgan fingerprint density at radius 3 is 2.21 bits per heavy atom. The molecule has 2 saturated carbocycles. The molecule has 0 aliphatic heterocycles. The Bertz CT molecular complexity index is 190. The van der Waals surface area contributed by atoms with E-state index in [1.807, 2.05) is 0 Å². The minimum absolute atomic E-state index is 0.941. The van der Waals surface area contributed by atoms with E-state index in [0.29, 0.717) is 0 Å². The Hall–Kier alpha value is 0. The van der Waals surface area contributed by atoms with E-state index in [2.05, 4.69) is 27.7 Å². The third-order valence-corrected chi connectivity index (χ3v) is 5.29. The molecule has 0 heterocycles. The van der Waals surface area contributed by atoms with Gasteiger partial charge in [0.25, 0.3) is 0 Å². The summed E-state index contributed by atoms with van der Waals surface area (Å²) >= 11 is 0. The molecular formula is C14H26. The highest BCUT2D eigenvalue weighted by Gasteiger charge is 2.54. The molecule has 2 aliphatic rings. The maximum atomic E-state index is 2.50. The predicted octanol–water partition coefficient (Wildman–Crippen LogP) is 4.35. The smallest absolute Gasteiger partial charge is 0.0329 e. The summed E-state index contributed by atoms with van der Waals surface area (Å²) in [5.74, 6) is 6.34. The van der Waals surface area contributed by atoms with Gasteiger partial charge in [-0.2, -0.15) is 0 Å². The van der Waals surface area contributed by atoms with Crippen molar-refractivity contribution in [3.8, 4) is 0 Å². The SMILES string of the molecule is CCC(C)CC(C)C1C(C)C2CCC21. The Labute approximate surface area is 89.5 Å². The Morgan fingerprint density at radius 1 is 1.14 bits per heavy atom. The second-order valence-corrected chi connectivity index (χ2v) is 6.07. The van der Waals surface area contributed by atoms with Crippen LogP contribution in [0.25, 0.3) is 0 Å². The van der Waals surface area contributed by atoms with Gasteiger partial charge in [-0.3, -0.25) is 0 Å². The lowest BCUT2D eigenvalue weighted by Crippen LogP contribution is -2.54. The largest absolute Gasteiger partial charge is 0.0651 e. The summed E-state index contributed by atoms with van der Waals surface area (Å²) in [6, 6.07) is 0. The van der Waals surface area contributed by atoms with Crippen molar-refractivity contribution in [1.82, 2.24) is 0 Å². The first-order valence-electron chi connectivity index (χ1n) is 6.65. The van der Waals surface area contributed by atoms with E-state index in [0.717, 1.165) is 35.5 Å². The first-order valence-corrected chi connectivity index (χ1v) is 6.65. The molecule has 6 unspecified atom stereocenters. The molecule has 0 saturated heterocycles. The average Bonchev–Trinajstić information content (AvgIpc) is 2.11. The highest BCUT2D eigenvalue weighted by atomic mass is 14.6. The summed E-state index contributed by atoms with van der Waals surface area (Å²) in [7, 11) is 0.